The van der Waals surface area contributed by atoms with Gasteiger partial charge in [0, 0.05) is 19.6 Å². The van der Waals surface area contributed by atoms with E-state index in [9.17, 15) is 0 Å². The maximum absolute atomic E-state index is 6.32. The van der Waals surface area contributed by atoms with Crippen molar-refractivity contribution in [2.75, 3.05) is 18.5 Å². The minimum absolute atomic E-state index is 0.0403. The summed E-state index contributed by atoms with van der Waals surface area (Å²) in [5, 5.41) is 0.807. The first-order valence-corrected chi connectivity index (χ1v) is 6.72. The molecule has 1 aliphatic rings. The van der Waals surface area contributed by atoms with Crippen LogP contribution in [-0.2, 0) is 0 Å². The van der Waals surface area contributed by atoms with Crippen molar-refractivity contribution in [3.63, 3.8) is 0 Å². The summed E-state index contributed by atoms with van der Waals surface area (Å²) in [6.45, 7) is 3.08. The summed E-state index contributed by atoms with van der Waals surface area (Å²) in [6.07, 6.45) is 4.11. The van der Waals surface area contributed by atoms with Crippen LogP contribution in [0.4, 0.5) is 5.69 Å². The van der Waals surface area contributed by atoms with E-state index >= 15 is 0 Å². The highest BCUT2D eigenvalue weighted by atomic mass is 35.5. The van der Waals surface area contributed by atoms with Gasteiger partial charge in [0.1, 0.15) is 0 Å². The maximum Gasteiger partial charge on any atom is 0.0642 e. The van der Waals surface area contributed by atoms with E-state index in [0.717, 1.165) is 28.7 Å². The Labute approximate surface area is 109 Å². The van der Waals surface area contributed by atoms with Crippen LogP contribution in [0.3, 0.4) is 0 Å². The fraction of sp³-hybridized carbons (Fsp3) is 0.571. The lowest BCUT2D eigenvalue weighted by Gasteiger charge is -2.31. The lowest BCUT2D eigenvalue weighted by Crippen LogP contribution is -2.29. The van der Waals surface area contributed by atoms with E-state index in [1.165, 1.54) is 19.3 Å². The van der Waals surface area contributed by atoms with E-state index in [4.69, 9.17) is 17.3 Å². The first kappa shape index (κ1) is 12.7. The zero-order valence-corrected chi connectivity index (χ0v) is 11.4. The number of nitrogens with zero attached hydrogens (tertiary/aromatic N) is 1. The molecule has 1 aromatic carbocycles. The fourth-order valence-corrected chi connectivity index (χ4v) is 2.61. The van der Waals surface area contributed by atoms with Crippen molar-refractivity contribution < 1.29 is 0 Å². The van der Waals surface area contributed by atoms with Crippen LogP contribution >= 0.6 is 11.6 Å². The summed E-state index contributed by atoms with van der Waals surface area (Å²) in [6, 6.07) is 6.18. The standard InChI is InChI=1S/C14H21ClN2/c1-10(16)12-6-7-14(13(15)8-12)17(2)9-11-4-3-5-11/h6-8,10-11H,3-5,9,16H2,1-2H3/t10-/m0/s1. The lowest BCUT2D eigenvalue weighted by molar-refractivity contribution is 0.321. The molecule has 0 unspecified atom stereocenters. The van der Waals surface area contributed by atoms with Crippen LogP contribution in [-0.4, -0.2) is 13.6 Å². The molecule has 0 spiro atoms. The Morgan fingerprint density at radius 1 is 1.47 bits per heavy atom. The van der Waals surface area contributed by atoms with E-state index in [2.05, 4.69) is 24.1 Å². The minimum Gasteiger partial charge on any atom is -0.373 e. The van der Waals surface area contributed by atoms with Crippen molar-refractivity contribution in [2.24, 2.45) is 11.7 Å². The van der Waals surface area contributed by atoms with Crippen LogP contribution in [0.1, 0.15) is 37.8 Å². The number of halogens is 1. The van der Waals surface area contributed by atoms with Crippen LogP contribution in [0, 0.1) is 5.92 Å². The summed E-state index contributed by atoms with van der Waals surface area (Å²) >= 11 is 6.32. The molecule has 0 amide bonds. The van der Waals surface area contributed by atoms with E-state index < -0.39 is 0 Å². The highest BCUT2D eigenvalue weighted by molar-refractivity contribution is 6.33. The Morgan fingerprint density at radius 2 is 2.18 bits per heavy atom. The largest absolute Gasteiger partial charge is 0.373 e. The predicted molar refractivity (Wildman–Crippen MR) is 74.7 cm³/mol. The Bertz CT molecular complexity index is 386. The summed E-state index contributed by atoms with van der Waals surface area (Å²) in [5.41, 5.74) is 8.06. The van der Waals surface area contributed by atoms with Crippen molar-refractivity contribution >= 4 is 17.3 Å². The van der Waals surface area contributed by atoms with Gasteiger partial charge in [-0.15, -0.1) is 0 Å². The van der Waals surface area contributed by atoms with Gasteiger partial charge in [0.2, 0.25) is 0 Å². The van der Waals surface area contributed by atoms with Gasteiger partial charge in [-0.2, -0.15) is 0 Å². The molecule has 1 atom stereocenters. The minimum atomic E-state index is 0.0403. The molecule has 0 bridgehead atoms. The number of anilines is 1. The Balaban J connectivity index is 2.08. The Kier molecular flexibility index (Phi) is 3.95. The highest BCUT2D eigenvalue weighted by Gasteiger charge is 2.20. The molecule has 0 saturated heterocycles. The van der Waals surface area contributed by atoms with Crippen molar-refractivity contribution in [1.82, 2.24) is 0 Å². The smallest absolute Gasteiger partial charge is 0.0642 e. The van der Waals surface area contributed by atoms with Crippen molar-refractivity contribution in [3.8, 4) is 0 Å². The number of rotatable bonds is 4. The van der Waals surface area contributed by atoms with Gasteiger partial charge in [-0.3, -0.25) is 0 Å². The van der Waals surface area contributed by atoms with Crippen LogP contribution in [0.25, 0.3) is 0 Å². The van der Waals surface area contributed by atoms with Crippen molar-refractivity contribution in [2.45, 2.75) is 32.2 Å². The Hall–Kier alpha value is -0.730. The Morgan fingerprint density at radius 3 is 2.65 bits per heavy atom. The topological polar surface area (TPSA) is 29.3 Å². The number of benzene rings is 1. The summed E-state index contributed by atoms with van der Waals surface area (Å²) in [7, 11) is 2.12. The third-order valence-electron chi connectivity index (χ3n) is 3.67. The van der Waals surface area contributed by atoms with Crippen molar-refractivity contribution in [1.29, 1.82) is 0 Å². The van der Waals surface area contributed by atoms with Gasteiger partial charge in [0.15, 0.2) is 0 Å². The molecule has 0 heterocycles. The first-order chi connectivity index (χ1) is 8.08. The van der Waals surface area contributed by atoms with Crippen LogP contribution in [0.5, 0.6) is 0 Å². The summed E-state index contributed by atoms with van der Waals surface area (Å²) in [4.78, 5) is 2.26. The third-order valence-corrected chi connectivity index (χ3v) is 3.97. The second kappa shape index (κ2) is 5.28. The number of hydrogen-bond donors (Lipinski definition) is 1. The van der Waals surface area contributed by atoms with E-state index in [0.29, 0.717) is 0 Å². The third kappa shape index (κ3) is 2.93. The highest BCUT2D eigenvalue weighted by Crippen LogP contribution is 2.32. The van der Waals surface area contributed by atoms with E-state index in [1.54, 1.807) is 0 Å². The molecule has 0 radical (unpaired) electrons. The zero-order valence-electron chi connectivity index (χ0n) is 10.6. The molecule has 1 fully saturated rings. The van der Waals surface area contributed by atoms with E-state index in [-0.39, 0.29) is 6.04 Å². The fourth-order valence-electron chi connectivity index (χ4n) is 2.28. The van der Waals surface area contributed by atoms with Gasteiger partial charge < -0.3 is 10.6 Å². The number of nitrogens with two attached hydrogens (primary N) is 1. The van der Waals surface area contributed by atoms with Gasteiger partial charge in [0.25, 0.3) is 0 Å². The molecule has 1 aromatic rings. The van der Waals surface area contributed by atoms with E-state index in [1.807, 2.05) is 13.0 Å². The van der Waals surface area contributed by atoms with Gasteiger partial charge in [-0.05, 0) is 43.4 Å². The van der Waals surface area contributed by atoms with Gasteiger partial charge in [-0.1, -0.05) is 24.1 Å². The number of hydrogen-bond acceptors (Lipinski definition) is 2. The SMILES string of the molecule is C[C@H](N)c1ccc(N(C)CC2CCC2)c(Cl)c1. The summed E-state index contributed by atoms with van der Waals surface area (Å²) < 4.78 is 0. The van der Waals surface area contributed by atoms with Gasteiger partial charge in [-0.25, -0.2) is 0 Å². The molecule has 17 heavy (non-hydrogen) atoms. The molecule has 94 valence electrons. The zero-order chi connectivity index (χ0) is 12.4. The van der Waals surface area contributed by atoms with Gasteiger partial charge >= 0.3 is 0 Å². The van der Waals surface area contributed by atoms with Crippen LogP contribution in [0.15, 0.2) is 18.2 Å². The molecule has 2 N–H and O–H groups in total. The average molecular weight is 253 g/mol. The normalized spacial score (nSPS) is 17.6. The quantitative estimate of drug-likeness (QED) is 0.887. The molecule has 0 aliphatic heterocycles. The molecule has 1 aliphatic carbocycles. The van der Waals surface area contributed by atoms with Crippen LogP contribution < -0.4 is 10.6 Å². The van der Waals surface area contributed by atoms with Gasteiger partial charge in [0.05, 0.1) is 10.7 Å². The molecule has 1 saturated carbocycles. The first-order valence-electron chi connectivity index (χ1n) is 6.34. The molecular weight excluding hydrogens is 232 g/mol. The predicted octanol–water partition coefficient (Wildman–Crippen LogP) is 3.60. The average Bonchev–Trinajstić information content (AvgIpc) is 2.22. The second-order valence-electron chi connectivity index (χ2n) is 5.18. The van der Waals surface area contributed by atoms with Crippen molar-refractivity contribution in [3.05, 3.63) is 28.8 Å². The maximum atomic E-state index is 6.32. The lowest BCUT2D eigenvalue weighted by atomic mass is 9.85. The molecule has 2 nitrogen and oxygen atoms in total. The molecule has 0 aromatic heterocycles. The molecular formula is C14H21ClN2. The molecule has 2 rings (SSSR count). The molecule has 3 heteroatoms. The van der Waals surface area contributed by atoms with Crippen LogP contribution in [0.2, 0.25) is 5.02 Å². The second-order valence-corrected chi connectivity index (χ2v) is 5.58. The summed E-state index contributed by atoms with van der Waals surface area (Å²) in [5.74, 6) is 0.851. The monoisotopic (exact) mass is 252 g/mol.